The molecule has 54 heavy (non-hydrogen) atoms. The summed E-state index contributed by atoms with van der Waals surface area (Å²) < 4.78 is 2.34. The van der Waals surface area contributed by atoms with Crippen LogP contribution in [-0.4, -0.2) is 15.3 Å². The fraction of sp³-hybridized carbons (Fsp3) is 0.163. The van der Waals surface area contributed by atoms with Crippen molar-refractivity contribution in [2.24, 2.45) is 12.9 Å². The summed E-state index contributed by atoms with van der Waals surface area (Å²) in [6.07, 6.45) is 3.79. The predicted octanol–water partition coefficient (Wildman–Crippen LogP) is 11.5. The molecule has 5 heteroatoms. The normalized spacial score (nSPS) is 12.4. The van der Waals surface area contributed by atoms with E-state index in [0.717, 1.165) is 30.5 Å². The lowest BCUT2D eigenvalue weighted by Gasteiger charge is -2.04. The number of hydrazine groups is 1. The molecule has 0 saturated heterocycles. The lowest BCUT2D eigenvalue weighted by Crippen LogP contribution is -2.05. The molecule has 0 unspecified atom stereocenters. The minimum absolute atomic E-state index is 0. The fourth-order valence-corrected chi connectivity index (χ4v) is 8.02. The number of Topliss-reactive ketones (excluding diaryl/α,β-unsaturated/α-hetero) is 1. The maximum atomic E-state index is 11.1. The van der Waals surface area contributed by atoms with Crippen molar-refractivity contribution < 1.29 is 4.79 Å². The summed E-state index contributed by atoms with van der Waals surface area (Å²) in [5.74, 6) is 5.45. The third-order valence-electron chi connectivity index (χ3n) is 10.7. The highest BCUT2D eigenvalue weighted by Crippen LogP contribution is 2.42. The van der Waals surface area contributed by atoms with Gasteiger partial charge in [-0.15, -0.1) is 0 Å². The lowest BCUT2D eigenvalue weighted by molar-refractivity contribution is 0.0994. The van der Waals surface area contributed by atoms with E-state index < -0.39 is 0 Å². The van der Waals surface area contributed by atoms with E-state index in [-0.39, 0.29) is 7.43 Å². The first kappa shape index (κ1) is 36.2. The second-order valence-corrected chi connectivity index (χ2v) is 14.2. The van der Waals surface area contributed by atoms with E-state index in [2.05, 4.69) is 120 Å². The Morgan fingerprint density at radius 2 is 1.20 bits per heavy atom. The van der Waals surface area contributed by atoms with E-state index in [9.17, 15) is 4.79 Å². The predicted molar refractivity (Wildman–Crippen MR) is 227 cm³/mol. The first-order valence-electron chi connectivity index (χ1n) is 18.4. The number of aryl methyl sites for hydroxylation is 4. The van der Waals surface area contributed by atoms with E-state index in [4.69, 9.17) is 5.84 Å². The number of nitrogens with two attached hydrogens (primary N) is 1. The van der Waals surface area contributed by atoms with Gasteiger partial charge in [0.2, 0.25) is 0 Å². The first-order chi connectivity index (χ1) is 25.9. The molecule has 5 nitrogen and oxygen atoms in total. The molecular formula is C49H48N4O. The van der Waals surface area contributed by atoms with Gasteiger partial charge < -0.3 is 15.0 Å². The Hall–Kier alpha value is -6.17. The molecule has 11 rings (SSSR count). The Morgan fingerprint density at radius 3 is 1.93 bits per heavy atom. The number of aromatic amines is 1. The average molecular weight is 709 g/mol. The molecule has 270 valence electrons. The van der Waals surface area contributed by atoms with E-state index in [1.54, 1.807) is 0 Å². The zero-order valence-electron chi connectivity index (χ0n) is 30.5. The van der Waals surface area contributed by atoms with Gasteiger partial charge in [0, 0.05) is 70.5 Å². The molecule has 2 aromatic heterocycles. The molecule has 3 aliphatic carbocycles. The van der Waals surface area contributed by atoms with Crippen molar-refractivity contribution in [3.05, 3.63) is 184 Å². The molecule has 0 aliphatic heterocycles. The number of H-pyrrole nitrogens is 1. The lowest BCUT2D eigenvalue weighted by atomic mass is 10.1. The number of aromatic nitrogens is 2. The first-order valence-corrected chi connectivity index (χ1v) is 18.4. The number of nitrogens with one attached hydrogen (secondary N) is 2. The number of ketones is 1. The summed E-state index contributed by atoms with van der Waals surface area (Å²) in [4.78, 5) is 14.6. The Bertz CT molecular complexity index is 2610. The maximum Gasteiger partial charge on any atom is 0.163 e. The number of rotatable bonds is 1. The van der Waals surface area contributed by atoms with Crippen molar-refractivity contribution in [2.45, 2.75) is 47.0 Å². The summed E-state index contributed by atoms with van der Waals surface area (Å²) in [7, 11) is 2.18. The van der Waals surface area contributed by atoms with Crippen molar-refractivity contribution in [3.63, 3.8) is 0 Å². The second-order valence-electron chi connectivity index (χ2n) is 14.2. The quantitative estimate of drug-likeness (QED) is 0.117. The molecule has 8 aromatic rings. The minimum atomic E-state index is 0. The molecule has 0 fully saturated rings. The Labute approximate surface area is 318 Å². The third kappa shape index (κ3) is 6.87. The highest BCUT2D eigenvalue weighted by atomic mass is 16.1. The van der Waals surface area contributed by atoms with Crippen molar-refractivity contribution in [3.8, 4) is 22.5 Å². The van der Waals surface area contributed by atoms with Gasteiger partial charge >= 0.3 is 0 Å². The molecule has 0 bridgehead atoms. The highest BCUT2D eigenvalue weighted by molar-refractivity contribution is 6.00. The molecule has 0 radical (unpaired) electrons. The molecule has 6 aromatic carbocycles. The van der Waals surface area contributed by atoms with Crippen LogP contribution in [0.15, 0.2) is 140 Å². The van der Waals surface area contributed by atoms with Crippen LogP contribution < -0.4 is 11.3 Å². The van der Waals surface area contributed by atoms with Gasteiger partial charge in [-0.2, -0.15) is 0 Å². The van der Waals surface area contributed by atoms with Crippen LogP contribution in [0, 0.1) is 13.8 Å². The van der Waals surface area contributed by atoms with Gasteiger partial charge in [-0.1, -0.05) is 128 Å². The number of carbonyl (C=O) groups excluding carboxylic acids is 1. The van der Waals surface area contributed by atoms with Gasteiger partial charge in [-0.25, -0.2) is 0 Å². The highest BCUT2D eigenvalue weighted by Gasteiger charge is 2.25. The van der Waals surface area contributed by atoms with Gasteiger partial charge in [0.25, 0.3) is 0 Å². The fourth-order valence-electron chi connectivity index (χ4n) is 8.02. The van der Waals surface area contributed by atoms with E-state index in [1.807, 2.05) is 55.5 Å². The van der Waals surface area contributed by atoms with Gasteiger partial charge in [0.05, 0.1) is 11.4 Å². The average Bonchev–Trinajstić information content (AvgIpc) is 4.00. The van der Waals surface area contributed by atoms with Crippen LogP contribution in [0.25, 0.3) is 44.3 Å². The molecule has 0 spiro atoms. The topological polar surface area (TPSA) is 75.8 Å². The van der Waals surface area contributed by atoms with Crippen LogP contribution in [-0.2, 0) is 26.3 Å². The number of hydrogen-bond acceptors (Lipinski definition) is 3. The molecule has 0 saturated carbocycles. The number of anilines is 1. The van der Waals surface area contributed by atoms with Gasteiger partial charge in [-0.3, -0.25) is 10.6 Å². The number of hydrogen-bond donors (Lipinski definition) is 3. The summed E-state index contributed by atoms with van der Waals surface area (Å²) in [5.41, 5.74) is 22.2. The van der Waals surface area contributed by atoms with Crippen molar-refractivity contribution >= 4 is 33.3 Å². The number of nitrogen functional groups attached to an aromatic ring is 1. The number of carbonyl (C=O) groups is 1. The molecule has 2 heterocycles. The zero-order valence-corrected chi connectivity index (χ0v) is 30.5. The van der Waals surface area contributed by atoms with Crippen LogP contribution in [0.5, 0.6) is 0 Å². The van der Waals surface area contributed by atoms with Gasteiger partial charge in [0.1, 0.15) is 0 Å². The van der Waals surface area contributed by atoms with Crippen molar-refractivity contribution in [2.75, 3.05) is 5.43 Å². The van der Waals surface area contributed by atoms with Crippen LogP contribution in [0.2, 0.25) is 0 Å². The standard InChI is InChI=1S/C17H15N.C15H11N.C9H8O.C7H10N2.CH4/c1-11-7-8-16-14(9-11)15-10-12-5-3-4-6-13(12)17(15)18(16)2;1-2-6-11-10(5-1)9-13-12-7-3-4-8-14(12)16-15(11)13;10-9-6-5-7-3-1-2-4-8(7)9;1-6-2-4-7(9-8)5-3-6;/h3-9H,10H2,1-2H3;1-8,16H,9H2;1-4H,5-6H2;2-5,9H,8H2,1H3;1H4. The van der Waals surface area contributed by atoms with Crippen LogP contribution in [0.3, 0.4) is 0 Å². The summed E-state index contributed by atoms with van der Waals surface area (Å²) in [6, 6.07) is 48.5. The summed E-state index contributed by atoms with van der Waals surface area (Å²) >= 11 is 0. The number of para-hydroxylation sites is 1. The van der Waals surface area contributed by atoms with Crippen LogP contribution in [0.4, 0.5) is 5.69 Å². The van der Waals surface area contributed by atoms with Gasteiger partial charge in [0.15, 0.2) is 5.78 Å². The van der Waals surface area contributed by atoms with E-state index in [1.165, 1.54) is 83.3 Å². The van der Waals surface area contributed by atoms with E-state index in [0.29, 0.717) is 12.2 Å². The SMILES string of the molecule is C.Cc1ccc(NN)cc1.Cc1ccc2c(c1)c1c(n2C)-c2ccccc2C1.O=C1CCc2ccccc21.c1ccc2c(c1)Cc1c-2[nH]c2ccccc12. The number of nitrogens with zero attached hydrogens (tertiary/aromatic N) is 1. The van der Waals surface area contributed by atoms with Crippen LogP contribution >= 0.6 is 0 Å². The molecule has 4 N–H and O–H groups in total. The van der Waals surface area contributed by atoms with Crippen molar-refractivity contribution in [1.82, 2.24) is 9.55 Å². The molecule has 3 aliphatic rings. The van der Waals surface area contributed by atoms with Gasteiger partial charge in [-0.05, 0) is 78.4 Å². The number of fused-ring (bicyclic) bond motifs is 11. The van der Waals surface area contributed by atoms with Crippen molar-refractivity contribution in [1.29, 1.82) is 0 Å². The minimum Gasteiger partial charge on any atom is -0.354 e. The van der Waals surface area contributed by atoms with Crippen LogP contribution in [0.1, 0.15) is 63.1 Å². The summed E-state index contributed by atoms with van der Waals surface area (Å²) in [5, 5.41) is 2.79. The Morgan fingerprint density at radius 1 is 0.611 bits per heavy atom. The smallest absolute Gasteiger partial charge is 0.163 e. The number of benzene rings is 6. The Balaban J connectivity index is 0.000000115. The second kappa shape index (κ2) is 15.4. The maximum absolute atomic E-state index is 11.1. The largest absolute Gasteiger partial charge is 0.354 e. The molecule has 0 atom stereocenters. The molecule has 0 amide bonds. The summed E-state index contributed by atoms with van der Waals surface area (Å²) in [6.45, 7) is 4.21. The zero-order chi connectivity index (χ0) is 36.5. The Kier molecular flexibility index (Phi) is 10.3. The molecular weight excluding hydrogens is 661 g/mol. The third-order valence-corrected chi connectivity index (χ3v) is 10.7. The van der Waals surface area contributed by atoms with E-state index >= 15 is 0 Å². The monoisotopic (exact) mass is 708 g/mol.